The van der Waals surface area contributed by atoms with E-state index in [2.05, 4.69) is 37.8 Å². The fourth-order valence-corrected chi connectivity index (χ4v) is 5.22. The van der Waals surface area contributed by atoms with Crippen LogP contribution in [0, 0.1) is 16.7 Å². The lowest BCUT2D eigenvalue weighted by Crippen LogP contribution is -2.29. The monoisotopic (exact) mass is 496 g/mol. The number of pyridine rings is 1. The molecule has 8 nitrogen and oxygen atoms in total. The van der Waals surface area contributed by atoms with Crippen LogP contribution in [0.1, 0.15) is 68.0 Å². The summed E-state index contributed by atoms with van der Waals surface area (Å²) in [6.45, 7) is 9.39. The summed E-state index contributed by atoms with van der Waals surface area (Å²) < 4.78 is 9.39. The van der Waals surface area contributed by atoms with E-state index in [0.717, 1.165) is 60.0 Å². The quantitative estimate of drug-likeness (QED) is 0.396. The zero-order chi connectivity index (χ0) is 25.9. The number of benzene rings is 1. The molecule has 4 aromatic rings. The Morgan fingerprint density at radius 1 is 1.16 bits per heavy atom. The van der Waals surface area contributed by atoms with Gasteiger partial charge in [0.1, 0.15) is 5.76 Å². The Morgan fingerprint density at radius 3 is 2.70 bits per heavy atom. The molecule has 0 unspecified atom stereocenters. The molecule has 0 atom stereocenters. The summed E-state index contributed by atoms with van der Waals surface area (Å²) in [6, 6.07) is 12.1. The number of aryl methyl sites for hydroxylation is 1. The normalized spacial score (nSPS) is 16.2. The zero-order valence-electron chi connectivity index (χ0n) is 21.9. The van der Waals surface area contributed by atoms with Crippen LogP contribution in [-0.4, -0.2) is 30.5 Å². The van der Waals surface area contributed by atoms with Gasteiger partial charge in [-0.15, -0.1) is 0 Å². The van der Waals surface area contributed by atoms with Crippen LogP contribution in [0.4, 0.5) is 0 Å². The molecule has 0 radical (unpaired) electrons. The third-order valence-corrected chi connectivity index (χ3v) is 7.25. The molecule has 1 aliphatic carbocycles. The lowest BCUT2D eigenvalue weighted by atomic mass is 9.97. The predicted octanol–water partition coefficient (Wildman–Crippen LogP) is 4.74. The molecule has 190 valence electrons. The first-order valence-corrected chi connectivity index (χ1v) is 13.0. The van der Waals surface area contributed by atoms with E-state index in [-0.39, 0.29) is 11.1 Å². The molecule has 0 bridgehead atoms. The molecule has 0 amide bonds. The third kappa shape index (κ3) is 4.49. The minimum Gasteiger partial charge on any atom is -0.445 e. The largest absolute Gasteiger partial charge is 0.445 e. The number of aromatic nitrogens is 4. The highest BCUT2D eigenvalue weighted by atomic mass is 16.4. The van der Waals surface area contributed by atoms with Crippen molar-refractivity contribution in [1.29, 1.82) is 5.26 Å². The summed E-state index contributed by atoms with van der Waals surface area (Å²) >= 11 is 0. The number of hydrogen-bond acceptors (Lipinski definition) is 6. The average Bonchev–Trinajstić information content (AvgIpc) is 3.60. The van der Waals surface area contributed by atoms with E-state index < -0.39 is 0 Å². The molecule has 3 aromatic heterocycles. The number of nitriles is 1. The highest BCUT2D eigenvalue weighted by molar-refractivity contribution is 5.78. The molecular formula is C29H32N6O2. The van der Waals surface area contributed by atoms with Gasteiger partial charge in [-0.1, -0.05) is 26.8 Å². The van der Waals surface area contributed by atoms with Gasteiger partial charge in [0, 0.05) is 51.1 Å². The number of rotatable bonds is 5. The van der Waals surface area contributed by atoms with E-state index in [0.29, 0.717) is 29.4 Å². The van der Waals surface area contributed by atoms with Gasteiger partial charge in [-0.25, -0.2) is 14.8 Å². The highest BCUT2D eigenvalue weighted by Gasteiger charge is 2.32. The van der Waals surface area contributed by atoms with Crippen molar-refractivity contribution in [3.63, 3.8) is 0 Å². The molecule has 1 aromatic carbocycles. The second-order valence-corrected chi connectivity index (χ2v) is 11.7. The van der Waals surface area contributed by atoms with Crippen LogP contribution < -0.4 is 5.69 Å². The first-order chi connectivity index (χ1) is 17.7. The lowest BCUT2D eigenvalue weighted by molar-refractivity contribution is 0.231. The van der Waals surface area contributed by atoms with Gasteiger partial charge in [0.2, 0.25) is 0 Å². The van der Waals surface area contributed by atoms with E-state index in [9.17, 15) is 10.1 Å². The molecule has 0 N–H and O–H groups in total. The molecule has 0 spiro atoms. The number of nitrogens with zero attached hydrogens (tertiary/aromatic N) is 6. The maximum Gasteiger partial charge on any atom is 0.330 e. The molecule has 1 aliphatic heterocycles. The number of fused-ring (bicyclic) bond motifs is 2. The molecule has 2 aliphatic rings. The average molecular weight is 497 g/mol. The maximum atomic E-state index is 13.0. The third-order valence-electron chi connectivity index (χ3n) is 7.25. The van der Waals surface area contributed by atoms with Gasteiger partial charge in [-0.3, -0.25) is 14.0 Å². The van der Waals surface area contributed by atoms with Crippen LogP contribution in [0.25, 0.3) is 22.4 Å². The van der Waals surface area contributed by atoms with Gasteiger partial charge in [0.25, 0.3) is 0 Å². The van der Waals surface area contributed by atoms with Gasteiger partial charge >= 0.3 is 5.69 Å². The second-order valence-electron chi connectivity index (χ2n) is 11.7. The van der Waals surface area contributed by atoms with Crippen molar-refractivity contribution >= 4 is 11.2 Å². The summed E-state index contributed by atoms with van der Waals surface area (Å²) in [4.78, 5) is 25.0. The van der Waals surface area contributed by atoms with Crippen molar-refractivity contribution in [3.8, 4) is 17.3 Å². The van der Waals surface area contributed by atoms with Gasteiger partial charge in [-0.2, -0.15) is 5.26 Å². The Kier molecular flexibility index (Phi) is 5.57. The SMILES string of the molecule is Cn1c(=O)n(CC(C)(C)C)c2ccc(-c3cc(CN4CCc5oc(C6CC6)nc5C4)ccc3C#N)nc21. The molecule has 1 fully saturated rings. The number of imidazole rings is 1. The fraction of sp³-hybridized carbons (Fsp3) is 0.448. The maximum absolute atomic E-state index is 13.0. The van der Waals surface area contributed by atoms with Crippen molar-refractivity contribution in [1.82, 2.24) is 24.0 Å². The first kappa shape index (κ1) is 23.7. The van der Waals surface area contributed by atoms with Gasteiger partial charge in [-0.05, 0) is 48.1 Å². The summed E-state index contributed by atoms with van der Waals surface area (Å²) in [6.07, 6.45) is 3.24. The Bertz CT molecular complexity index is 1610. The van der Waals surface area contributed by atoms with Gasteiger partial charge in [0.15, 0.2) is 11.5 Å². The number of hydrogen-bond donors (Lipinski definition) is 0. The fourth-order valence-electron chi connectivity index (χ4n) is 5.22. The molecule has 6 rings (SSSR count). The lowest BCUT2D eigenvalue weighted by Gasteiger charge is -2.25. The number of oxazole rings is 1. The summed E-state index contributed by atoms with van der Waals surface area (Å²) in [5.74, 6) is 2.48. The Morgan fingerprint density at radius 2 is 1.97 bits per heavy atom. The van der Waals surface area contributed by atoms with Gasteiger partial charge < -0.3 is 4.42 Å². The minimum absolute atomic E-state index is 0.0419. The molecule has 37 heavy (non-hydrogen) atoms. The van der Waals surface area contributed by atoms with Crippen LogP contribution in [0.15, 0.2) is 39.5 Å². The molecule has 8 heteroatoms. The van der Waals surface area contributed by atoms with Crippen molar-refractivity contribution < 1.29 is 4.42 Å². The van der Waals surface area contributed by atoms with Crippen LogP contribution in [-0.2, 0) is 33.1 Å². The van der Waals surface area contributed by atoms with E-state index in [1.54, 1.807) is 16.2 Å². The van der Waals surface area contributed by atoms with Crippen molar-refractivity contribution in [2.24, 2.45) is 12.5 Å². The molecular weight excluding hydrogens is 464 g/mol. The predicted molar refractivity (Wildman–Crippen MR) is 141 cm³/mol. The van der Waals surface area contributed by atoms with Crippen LogP contribution in [0.5, 0.6) is 0 Å². The Hall–Kier alpha value is -3.70. The van der Waals surface area contributed by atoms with Crippen LogP contribution in [0.3, 0.4) is 0 Å². The molecule has 1 saturated carbocycles. The van der Waals surface area contributed by atoms with Crippen LogP contribution >= 0.6 is 0 Å². The summed E-state index contributed by atoms with van der Waals surface area (Å²) in [7, 11) is 1.76. The van der Waals surface area contributed by atoms with Crippen molar-refractivity contribution in [2.75, 3.05) is 6.54 Å². The molecule has 0 saturated heterocycles. The van der Waals surface area contributed by atoms with Gasteiger partial charge in [0.05, 0.1) is 28.5 Å². The van der Waals surface area contributed by atoms with Crippen molar-refractivity contribution in [3.05, 3.63) is 69.3 Å². The van der Waals surface area contributed by atoms with E-state index in [4.69, 9.17) is 14.4 Å². The van der Waals surface area contributed by atoms with E-state index in [1.807, 2.05) is 24.3 Å². The standard InChI is InChI=1S/C29H32N6O2/c1-29(2,3)17-35-24-10-9-22(31-26(24)33(4)28(35)36)21-13-18(5-6-20(21)14-30)15-34-12-11-25-23(16-34)32-27(37-25)19-7-8-19/h5-6,9-10,13,19H,7-8,11-12,15-17H2,1-4H3. The topological polar surface area (TPSA) is 92.9 Å². The second kappa shape index (κ2) is 8.70. The Labute approximate surface area is 216 Å². The molecule has 4 heterocycles. The zero-order valence-corrected chi connectivity index (χ0v) is 21.9. The summed E-state index contributed by atoms with van der Waals surface area (Å²) in [5, 5.41) is 9.83. The van der Waals surface area contributed by atoms with Crippen LogP contribution in [0.2, 0.25) is 0 Å². The summed E-state index contributed by atoms with van der Waals surface area (Å²) in [5.41, 5.74) is 5.55. The first-order valence-electron chi connectivity index (χ1n) is 13.0. The van der Waals surface area contributed by atoms with E-state index >= 15 is 0 Å². The Balaban J connectivity index is 1.30. The van der Waals surface area contributed by atoms with E-state index in [1.165, 1.54) is 12.8 Å². The minimum atomic E-state index is -0.0778. The highest BCUT2D eigenvalue weighted by Crippen LogP contribution is 2.40. The smallest absolute Gasteiger partial charge is 0.330 e. The van der Waals surface area contributed by atoms with Crippen molar-refractivity contribution in [2.45, 2.75) is 65.6 Å².